The van der Waals surface area contributed by atoms with Gasteiger partial charge in [0.05, 0.1) is 6.54 Å². The van der Waals surface area contributed by atoms with E-state index in [0.717, 1.165) is 18.8 Å². The van der Waals surface area contributed by atoms with Crippen LogP contribution in [0.15, 0.2) is 36.0 Å². The second-order valence-electron chi connectivity index (χ2n) is 7.48. The first-order valence-corrected chi connectivity index (χ1v) is 8.87. The van der Waals surface area contributed by atoms with E-state index in [1.54, 1.807) is 13.0 Å². The molecule has 0 aliphatic carbocycles. The fourth-order valence-corrected chi connectivity index (χ4v) is 3.90. The third kappa shape index (κ3) is 3.66. The van der Waals surface area contributed by atoms with Crippen LogP contribution in [0.2, 0.25) is 0 Å². The minimum absolute atomic E-state index is 0. The number of hydrogen-bond acceptors (Lipinski definition) is 4. The molecule has 2 aliphatic rings. The molecule has 1 amide bonds. The number of carbonyl (C=O) groups excluding carboxylic acids is 2. The molecule has 3 rings (SSSR count). The first kappa shape index (κ1) is 20.1. The van der Waals surface area contributed by atoms with Gasteiger partial charge in [0, 0.05) is 63.0 Å². The molecule has 0 spiro atoms. The van der Waals surface area contributed by atoms with Crippen LogP contribution in [0.25, 0.3) is 0 Å². The van der Waals surface area contributed by atoms with Crippen molar-refractivity contribution >= 4 is 17.4 Å². The van der Waals surface area contributed by atoms with E-state index in [4.69, 9.17) is 0 Å². The maximum absolute atomic E-state index is 12.6. The van der Waals surface area contributed by atoms with Crippen molar-refractivity contribution in [1.29, 1.82) is 0 Å². The molecule has 0 bridgehead atoms. The molecule has 0 saturated carbocycles. The number of likely N-dealkylation sites (N-methyl/N-ethyl adjacent to an activating group) is 1. The maximum Gasteiger partial charge on any atom is 0.219 e. The predicted molar refractivity (Wildman–Crippen MR) is 103 cm³/mol. The lowest BCUT2D eigenvalue weighted by Gasteiger charge is -2.33. The van der Waals surface area contributed by atoms with Gasteiger partial charge < -0.3 is 15.3 Å². The summed E-state index contributed by atoms with van der Waals surface area (Å²) in [5.41, 5.74) is 3.29. The fourth-order valence-electron chi connectivity index (χ4n) is 3.90. The molecule has 6 nitrogen and oxygen atoms in total. The molecular weight excluding hydrogens is 330 g/mol. The van der Waals surface area contributed by atoms with Gasteiger partial charge in [-0.1, -0.05) is 32.0 Å². The lowest BCUT2D eigenvalue weighted by atomic mass is 9.83. The topological polar surface area (TPSA) is 75.4 Å². The Bertz CT molecular complexity index is 719. The van der Waals surface area contributed by atoms with Crippen LogP contribution in [0.4, 0.5) is 5.69 Å². The van der Waals surface area contributed by atoms with E-state index in [1.165, 1.54) is 11.3 Å². The minimum Gasteiger partial charge on any atom is -0.412 e. The molecule has 2 heterocycles. The molecule has 1 saturated heterocycles. The van der Waals surface area contributed by atoms with Crippen LogP contribution in [0.1, 0.15) is 26.3 Å². The van der Waals surface area contributed by atoms with Crippen molar-refractivity contribution in [3.63, 3.8) is 0 Å². The van der Waals surface area contributed by atoms with Crippen LogP contribution in [0.5, 0.6) is 0 Å². The van der Waals surface area contributed by atoms with E-state index in [-0.39, 0.29) is 22.6 Å². The second-order valence-corrected chi connectivity index (χ2v) is 7.48. The monoisotopic (exact) mass is 359 g/mol. The summed E-state index contributed by atoms with van der Waals surface area (Å²) < 4.78 is 0. The molecule has 6 heteroatoms. The summed E-state index contributed by atoms with van der Waals surface area (Å²) in [7, 11) is 2.03. The number of allylic oxidation sites excluding steroid dienone is 1. The van der Waals surface area contributed by atoms with Gasteiger partial charge in [-0.25, -0.2) is 0 Å². The number of para-hydroxylation sites is 1. The molecule has 1 fully saturated rings. The number of hydrogen-bond donors (Lipinski definition) is 0. The van der Waals surface area contributed by atoms with Gasteiger partial charge in [-0.2, -0.15) is 0 Å². The highest BCUT2D eigenvalue weighted by molar-refractivity contribution is 5.94. The molecule has 0 unspecified atom stereocenters. The van der Waals surface area contributed by atoms with Crippen LogP contribution >= 0.6 is 0 Å². The summed E-state index contributed by atoms with van der Waals surface area (Å²) in [6.45, 7) is 9.27. The fraction of sp³-hybridized carbons (Fsp3) is 0.500. The molecule has 2 aliphatic heterocycles. The standard InChI is InChI=1S/C20H27N3O2.H2O/c1-15(24)23-11-9-22(10-12-23)14-16(25)13-19-20(2,3)17-7-5-6-8-18(17)21(19)4;/h5-8,13H,9-12,14H2,1-4H3;1H2. The number of benzene rings is 1. The first-order valence-electron chi connectivity index (χ1n) is 8.87. The molecule has 2 N–H and O–H groups in total. The number of amides is 1. The number of piperazine rings is 1. The van der Waals surface area contributed by atoms with Crippen molar-refractivity contribution in [2.45, 2.75) is 26.2 Å². The van der Waals surface area contributed by atoms with Crippen molar-refractivity contribution < 1.29 is 15.1 Å². The molecule has 1 aromatic rings. The quantitative estimate of drug-likeness (QED) is 0.760. The number of nitrogens with zero attached hydrogens (tertiary/aromatic N) is 3. The lowest BCUT2D eigenvalue weighted by molar-refractivity contribution is -0.130. The Balaban J connectivity index is 0.00000243. The van der Waals surface area contributed by atoms with Crippen molar-refractivity contribution in [2.75, 3.05) is 44.7 Å². The Hall–Kier alpha value is -2.18. The van der Waals surface area contributed by atoms with Gasteiger partial charge in [-0.15, -0.1) is 0 Å². The number of ketones is 1. The summed E-state index contributed by atoms with van der Waals surface area (Å²) in [5.74, 6) is 0.235. The van der Waals surface area contributed by atoms with Crippen molar-refractivity contribution in [1.82, 2.24) is 9.80 Å². The summed E-state index contributed by atoms with van der Waals surface area (Å²) in [6.07, 6.45) is 1.80. The Morgan fingerprint density at radius 1 is 1.12 bits per heavy atom. The maximum atomic E-state index is 12.6. The Morgan fingerprint density at radius 2 is 1.73 bits per heavy atom. The highest BCUT2D eigenvalue weighted by Crippen LogP contribution is 2.46. The van der Waals surface area contributed by atoms with E-state index < -0.39 is 0 Å². The Morgan fingerprint density at radius 3 is 2.31 bits per heavy atom. The van der Waals surface area contributed by atoms with Gasteiger partial charge in [0.15, 0.2) is 5.78 Å². The smallest absolute Gasteiger partial charge is 0.219 e. The molecule has 0 atom stereocenters. The SMILES string of the molecule is CC(=O)N1CCN(CC(=O)C=C2N(C)c3ccccc3C2(C)C)CC1.O. The van der Waals surface area contributed by atoms with Crippen LogP contribution in [0.3, 0.4) is 0 Å². The molecule has 26 heavy (non-hydrogen) atoms. The summed E-state index contributed by atoms with van der Waals surface area (Å²) in [5, 5.41) is 0. The first-order chi connectivity index (χ1) is 11.8. The molecule has 1 aromatic carbocycles. The highest BCUT2D eigenvalue weighted by atomic mass is 16.2. The largest absolute Gasteiger partial charge is 0.412 e. The minimum atomic E-state index is -0.172. The van der Waals surface area contributed by atoms with Crippen LogP contribution in [-0.4, -0.2) is 66.7 Å². The average Bonchev–Trinajstić information content (AvgIpc) is 2.77. The van der Waals surface area contributed by atoms with Gasteiger partial charge in [0.2, 0.25) is 5.91 Å². The van der Waals surface area contributed by atoms with E-state index in [1.807, 2.05) is 24.1 Å². The second kappa shape index (κ2) is 7.60. The number of anilines is 1. The van der Waals surface area contributed by atoms with Crippen molar-refractivity contribution in [3.05, 3.63) is 41.6 Å². The predicted octanol–water partition coefficient (Wildman–Crippen LogP) is 1.21. The van der Waals surface area contributed by atoms with E-state index >= 15 is 0 Å². The number of rotatable bonds is 3. The van der Waals surface area contributed by atoms with Crippen molar-refractivity contribution in [2.24, 2.45) is 0 Å². The van der Waals surface area contributed by atoms with Gasteiger partial charge in [-0.3, -0.25) is 14.5 Å². The molecule has 0 radical (unpaired) electrons. The van der Waals surface area contributed by atoms with Gasteiger partial charge in [-0.05, 0) is 11.6 Å². The van der Waals surface area contributed by atoms with Crippen LogP contribution < -0.4 is 4.90 Å². The van der Waals surface area contributed by atoms with E-state index in [9.17, 15) is 9.59 Å². The van der Waals surface area contributed by atoms with Gasteiger partial charge in [0.25, 0.3) is 0 Å². The third-order valence-corrected chi connectivity index (χ3v) is 5.44. The zero-order chi connectivity index (χ0) is 18.2. The zero-order valence-corrected chi connectivity index (χ0v) is 16.1. The van der Waals surface area contributed by atoms with Crippen LogP contribution in [0, 0.1) is 0 Å². The zero-order valence-electron chi connectivity index (χ0n) is 16.1. The van der Waals surface area contributed by atoms with Gasteiger partial charge >= 0.3 is 0 Å². The summed E-state index contributed by atoms with van der Waals surface area (Å²) in [4.78, 5) is 30.1. The third-order valence-electron chi connectivity index (χ3n) is 5.44. The Kier molecular flexibility index (Phi) is 5.88. The van der Waals surface area contributed by atoms with E-state index in [2.05, 4.69) is 35.8 Å². The number of fused-ring (bicyclic) bond motifs is 1. The summed E-state index contributed by atoms with van der Waals surface area (Å²) >= 11 is 0. The highest BCUT2D eigenvalue weighted by Gasteiger charge is 2.38. The van der Waals surface area contributed by atoms with Crippen molar-refractivity contribution in [3.8, 4) is 0 Å². The molecule has 0 aromatic heterocycles. The Labute approximate surface area is 155 Å². The number of carbonyl (C=O) groups is 2. The normalized spacial score (nSPS) is 20.7. The molecule has 142 valence electrons. The average molecular weight is 359 g/mol. The molecular formula is C20H29N3O3. The van der Waals surface area contributed by atoms with Crippen LogP contribution in [-0.2, 0) is 15.0 Å². The van der Waals surface area contributed by atoms with Gasteiger partial charge in [0.1, 0.15) is 0 Å². The summed E-state index contributed by atoms with van der Waals surface area (Å²) in [6, 6.07) is 8.32. The lowest BCUT2D eigenvalue weighted by Crippen LogP contribution is -2.49. The van der Waals surface area contributed by atoms with E-state index in [0.29, 0.717) is 19.6 Å².